The van der Waals surface area contributed by atoms with Gasteiger partial charge in [0.15, 0.2) is 0 Å². The fraction of sp³-hybridized carbons (Fsp3) is 0.688. The highest BCUT2D eigenvalue weighted by Gasteiger charge is 2.10. The van der Waals surface area contributed by atoms with Crippen molar-refractivity contribution in [1.29, 1.82) is 0 Å². The third kappa shape index (κ3) is 5.60. The molecule has 1 rings (SSSR count). The predicted molar refractivity (Wildman–Crippen MR) is 80.6 cm³/mol. The number of nitrogens with zero attached hydrogens (tertiary/aromatic N) is 1. The van der Waals surface area contributed by atoms with Gasteiger partial charge >= 0.3 is 0 Å². The van der Waals surface area contributed by atoms with Gasteiger partial charge in [-0.05, 0) is 44.9 Å². The maximum atomic E-state index is 5.82. The second-order valence-corrected chi connectivity index (χ2v) is 5.05. The zero-order chi connectivity index (χ0) is 14.1. The van der Waals surface area contributed by atoms with Crippen LogP contribution in [-0.4, -0.2) is 17.6 Å². The van der Waals surface area contributed by atoms with Crippen LogP contribution in [0.1, 0.15) is 65.1 Å². The van der Waals surface area contributed by atoms with Gasteiger partial charge in [0.25, 0.3) is 0 Å². The van der Waals surface area contributed by atoms with Gasteiger partial charge in [0.05, 0.1) is 18.0 Å². The van der Waals surface area contributed by atoms with Crippen LogP contribution in [0, 0.1) is 0 Å². The van der Waals surface area contributed by atoms with Crippen molar-refractivity contribution < 1.29 is 4.74 Å². The molecule has 3 heteroatoms. The topological polar surface area (TPSA) is 34.1 Å². The van der Waals surface area contributed by atoms with Crippen LogP contribution in [0.15, 0.2) is 18.3 Å². The molecular weight excluding hydrogens is 236 g/mol. The van der Waals surface area contributed by atoms with Gasteiger partial charge in [-0.25, -0.2) is 0 Å². The molecule has 19 heavy (non-hydrogen) atoms. The number of pyridine rings is 1. The Balaban J connectivity index is 2.58. The largest absolute Gasteiger partial charge is 0.489 e. The molecule has 0 amide bonds. The van der Waals surface area contributed by atoms with E-state index in [0.717, 1.165) is 43.7 Å². The van der Waals surface area contributed by atoms with Crippen LogP contribution >= 0.6 is 0 Å². The maximum Gasteiger partial charge on any atom is 0.138 e. The SMILES string of the molecule is CCCNC(CC)c1ccc(OC(C)CCC)cn1. The number of hydrogen-bond acceptors (Lipinski definition) is 3. The molecule has 0 saturated heterocycles. The highest BCUT2D eigenvalue weighted by atomic mass is 16.5. The lowest BCUT2D eigenvalue weighted by molar-refractivity contribution is 0.209. The zero-order valence-corrected chi connectivity index (χ0v) is 12.8. The second kappa shape index (κ2) is 8.92. The van der Waals surface area contributed by atoms with E-state index in [-0.39, 0.29) is 6.10 Å². The fourth-order valence-corrected chi connectivity index (χ4v) is 2.14. The summed E-state index contributed by atoms with van der Waals surface area (Å²) >= 11 is 0. The molecule has 1 heterocycles. The summed E-state index contributed by atoms with van der Waals surface area (Å²) < 4.78 is 5.82. The van der Waals surface area contributed by atoms with E-state index >= 15 is 0 Å². The molecule has 1 N–H and O–H groups in total. The van der Waals surface area contributed by atoms with Crippen LogP contribution in [0.3, 0.4) is 0 Å². The Labute approximate surface area is 117 Å². The van der Waals surface area contributed by atoms with Gasteiger partial charge in [-0.3, -0.25) is 4.98 Å². The number of hydrogen-bond donors (Lipinski definition) is 1. The first-order valence-electron chi connectivity index (χ1n) is 7.57. The van der Waals surface area contributed by atoms with E-state index in [2.05, 4.69) is 44.1 Å². The monoisotopic (exact) mass is 264 g/mol. The van der Waals surface area contributed by atoms with Crippen LogP contribution in [0.4, 0.5) is 0 Å². The molecule has 0 bridgehead atoms. The van der Waals surface area contributed by atoms with Crippen molar-refractivity contribution in [1.82, 2.24) is 10.3 Å². The average molecular weight is 264 g/mol. The lowest BCUT2D eigenvalue weighted by Gasteiger charge is -2.17. The lowest BCUT2D eigenvalue weighted by Crippen LogP contribution is -2.22. The molecule has 2 atom stereocenters. The molecule has 0 aliphatic heterocycles. The quantitative estimate of drug-likeness (QED) is 0.729. The van der Waals surface area contributed by atoms with E-state index in [4.69, 9.17) is 4.74 Å². The van der Waals surface area contributed by atoms with Gasteiger partial charge in [-0.1, -0.05) is 27.2 Å². The molecule has 0 aliphatic rings. The van der Waals surface area contributed by atoms with Crippen LogP contribution in [0.25, 0.3) is 0 Å². The summed E-state index contributed by atoms with van der Waals surface area (Å²) in [6.07, 6.45) is 6.53. The minimum atomic E-state index is 0.262. The Bertz CT molecular complexity index is 337. The van der Waals surface area contributed by atoms with Crippen LogP contribution in [0.2, 0.25) is 0 Å². The van der Waals surface area contributed by atoms with Crippen molar-refractivity contribution in [3.63, 3.8) is 0 Å². The molecule has 0 spiro atoms. The Kier molecular flexibility index (Phi) is 7.49. The van der Waals surface area contributed by atoms with Crippen molar-refractivity contribution >= 4 is 0 Å². The molecular formula is C16H28N2O. The predicted octanol–water partition coefficient (Wildman–Crippen LogP) is 4.10. The number of ether oxygens (including phenoxy) is 1. The zero-order valence-electron chi connectivity index (χ0n) is 12.8. The molecule has 1 aromatic heterocycles. The van der Waals surface area contributed by atoms with Crippen molar-refractivity contribution in [2.24, 2.45) is 0 Å². The van der Waals surface area contributed by atoms with Gasteiger partial charge in [0, 0.05) is 6.04 Å². The number of nitrogens with one attached hydrogen (secondary N) is 1. The summed E-state index contributed by atoms with van der Waals surface area (Å²) in [4.78, 5) is 4.53. The highest BCUT2D eigenvalue weighted by molar-refractivity contribution is 5.21. The smallest absolute Gasteiger partial charge is 0.138 e. The lowest BCUT2D eigenvalue weighted by atomic mass is 10.1. The van der Waals surface area contributed by atoms with Gasteiger partial charge in [0.2, 0.25) is 0 Å². The van der Waals surface area contributed by atoms with Crippen LogP contribution < -0.4 is 10.1 Å². The van der Waals surface area contributed by atoms with E-state index in [0.29, 0.717) is 6.04 Å². The van der Waals surface area contributed by atoms with E-state index in [1.54, 1.807) is 0 Å². The second-order valence-electron chi connectivity index (χ2n) is 5.05. The average Bonchev–Trinajstić information content (AvgIpc) is 2.41. The number of aromatic nitrogens is 1. The minimum Gasteiger partial charge on any atom is -0.489 e. The summed E-state index contributed by atoms with van der Waals surface area (Å²) in [5, 5.41) is 3.51. The molecule has 0 aliphatic carbocycles. The molecule has 0 radical (unpaired) electrons. The first kappa shape index (κ1) is 16.0. The molecule has 2 unspecified atom stereocenters. The Hall–Kier alpha value is -1.09. The van der Waals surface area contributed by atoms with Crippen molar-refractivity contribution in [3.8, 4) is 5.75 Å². The first-order valence-corrected chi connectivity index (χ1v) is 7.57. The number of rotatable bonds is 9. The summed E-state index contributed by atoms with van der Waals surface area (Å²) in [6.45, 7) is 9.68. The van der Waals surface area contributed by atoms with Gasteiger partial charge in [-0.15, -0.1) is 0 Å². The van der Waals surface area contributed by atoms with Gasteiger partial charge < -0.3 is 10.1 Å². The van der Waals surface area contributed by atoms with Crippen molar-refractivity contribution in [2.75, 3.05) is 6.54 Å². The maximum absolute atomic E-state index is 5.82. The van der Waals surface area contributed by atoms with Crippen molar-refractivity contribution in [3.05, 3.63) is 24.0 Å². The standard InChI is InChI=1S/C16H28N2O/c1-5-8-13(4)19-14-9-10-16(18-12-14)15(7-3)17-11-6-2/h9-10,12-13,15,17H,5-8,11H2,1-4H3. The third-order valence-corrected chi connectivity index (χ3v) is 3.20. The van der Waals surface area contributed by atoms with Gasteiger partial charge in [-0.2, -0.15) is 0 Å². The van der Waals surface area contributed by atoms with E-state index in [9.17, 15) is 0 Å². The summed E-state index contributed by atoms with van der Waals surface area (Å²) in [5.41, 5.74) is 1.10. The molecule has 1 aromatic rings. The van der Waals surface area contributed by atoms with E-state index in [1.165, 1.54) is 0 Å². The normalized spacial score (nSPS) is 14.1. The minimum absolute atomic E-state index is 0.262. The highest BCUT2D eigenvalue weighted by Crippen LogP contribution is 2.18. The Morgan fingerprint density at radius 2 is 2.00 bits per heavy atom. The van der Waals surface area contributed by atoms with Crippen LogP contribution in [0.5, 0.6) is 5.75 Å². The van der Waals surface area contributed by atoms with Gasteiger partial charge in [0.1, 0.15) is 5.75 Å². The molecule has 0 aromatic carbocycles. The summed E-state index contributed by atoms with van der Waals surface area (Å²) in [6, 6.07) is 4.46. The van der Waals surface area contributed by atoms with Crippen LogP contribution in [-0.2, 0) is 0 Å². The molecule has 3 nitrogen and oxygen atoms in total. The molecule has 0 saturated carbocycles. The Morgan fingerprint density at radius 3 is 2.53 bits per heavy atom. The fourth-order valence-electron chi connectivity index (χ4n) is 2.14. The summed E-state index contributed by atoms with van der Waals surface area (Å²) in [7, 11) is 0. The van der Waals surface area contributed by atoms with E-state index in [1.807, 2.05) is 12.3 Å². The van der Waals surface area contributed by atoms with E-state index < -0.39 is 0 Å². The molecule has 108 valence electrons. The third-order valence-electron chi connectivity index (χ3n) is 3.20. The summed E-state index contributed by atoms with van der Waals surface area (Å²) in [5.74, 6) is 0.870. The molecule has 0 fully saturated rings. The van der Waals surface area contributed by atoms with Crippen molar-refractivity contribution in [2.45, 2.75) is 65.5 Å². The Morgan fingerprint density at radius 1 is 1.21 bits per heavy atom. The first-order chi connectivity index (χ1) is 9.21.